The third-order valence-corrected chi connectivity index (χ3v) is 7.07. The summed E-state index contributed by atoms with van der Waals surface area (Å²) in [6.07, 6.45) is 3.32. The van der Waals surface area contributed by atoms with E-state index in [0.29, 0.717) is 11.6 Å². The number of hydrogen-bond acceptors (Lipinski definition) is 6. The Labute approximate surface area is 215 Å². The van der Waals surface area contributed by atoms with Crippen LogP contribution in [0.4, 0.5) is 10.2 Å². The van der Waals surface area contributed by atoms with E-state index < -0.39 is 24.2 Å². The van der Waals surface area contributed by atoms with Gasteiger partial charge in [0.2, 0.25) is 11.8 Å². The maximum Gasteiger partial charge on any atom is 0.245 e. The zero-order valence-corrected chi connectivity index (χ0v) is 21.1. The molecule has 0 radical (unpaired) electrons. The van der Waals surface area contributed by atoms with Crippen molar-refractivity contribution >= 4 is 17.6 Å². The van der Waals surface area contributed by atoms with Crippen LogP contribution < -0.4 is 10.2 Å². The predicted molar refractivity (Wildman–Crippen MR) is 137 cm³/mol. The number of carbonyl (C=O) groups excluding carboxylic acids is 2. The molecule has 4 heterocycles. The highest BCUT2D eigenvalue weighted by atomic mass is 19.1. The minimum atomic E-state index is -1.27. The first-order valence-electron chi connectivity index (χ1n) is 12.8. The average Bonchev–Trinajstić information content (AvgIpc) is 3.48. The Balaban J connectivity index is 1.32. The van der Waals surface area contributed by atoms with Gasteiger partial charge in [0.15, 0.2) is 5.82 Å². The lowest BCUT2D eigenvalue weighted by Crippen LogP contribution is -2.48. The molecule has 9 nitrogen and oxygen atoms in total. The molecule has 0 aliphatic carbocycles. The topological polar surface area (TPSA) is 96.2 Å². The highest BCUT2D eigenvalue weighted by molar-refractivity contribution is 5.88. The van der Waals surface area contributed by atoms with Gasteiger partial charge >= 0.3 is 0 Å². The van der Waals surface area contributed by atoms with Crippen LogP contribution in [-0.4, -0.2) is 68.5 Å². The third kappa shape index (κ3) is 5.47. The van der Waals surface area contributed by atoms with Crippen LogP contribution >= 0.6 is 0 Å². The first-order chi connectivity index (χ1) is 17.9. The molecule has 10 heteroatoms. The fourth-order valence-corrected chi connectivity index (χ4v) is 4.73. The lowest BCUT2D eigenvalue weighted by Gasteiger charge is -2.30. The van der Waals surface area contributed by atoms with Gasteiger partial charge in [0.25, 0.3) is 0 Å². The van der Waals surface area contributed by atoms with Crippen LogP contribution in [0.25, 0.3) is 0 Å². The van der Waals surface area contributed by atoms with E-state index in [2.05, 4.69) is 39.4 Å². The number of amides is 2. The number of carbonyl (C=O) groups is 2. The molecule has 3 aromatic rings. The molecular weight excluding hydrogens is 473 g/mol. The molecule has 2 saturated heterocycles. The predicted octanol–water partition coefficient (Wildman–Crippen LogP) is 2.85. The van der Waals surface area contributed by atoms with Crippen molar-refractivity contribution in [1.29, 1.82) is 0 Å². The number of nitrogens with zero attached hydrogens (tertiary/aromatic N) is 6. The fraction of sp³-hybridized carbons (Fsp3) is 0.444. The van der Waals surface area contributed by atoms with Crippen molar-refractivity contribution in [1.82, 2.24) is 30.2 Å². The Hall–Kier alpha value is -3.82. The third-order valence-electron chi connectivity index (χ3n) is 7.07. The van der Waals surface area contributed by atoms with E-state index in [1.54, 1.807) is 6.20 Å². The summed E-state index contributed by atoms with van der Waals surface area (Å²) in [5.74, 6) is 0.283. The molecule has 5 rings (SSSR count). The number of nitrogens with one attached hydrogen (secondary N) is 1. The molecular formula is C27H32FN7O2. The molecule has 0 bridgehead atoms. The average molecular weight is 506 g/mol. The van der Waals surface area contributed by atoms with Crippen molar-refractivity contribution in [3.8, 4) is 0 Å². The molecule has 0 spiro atoms. The number of likely N-dealkylation sites (tertiary alicyclic amines) is 1. The second kappa shape index (κ2) is 10.7. The molecule has 3 unspecified atom stereocenters. The molecule has 1 N–H and O–H groups in total. The SMILES string of the molecule is CC(C)c1ccc(C(NC(=O)C2CC(F)CN2C(=O)Cn2cc(N3CCC3)nn2)c2ccccc2)nc1. The Morgan fingerprint density at radius 2 is 1.89 bits per heavy atom. The number of halogens is 1. The van der Waals surface area contributed by atoms with Crippen molar-refractivity contribution in [2.45, 2.75) is 57.4 Å². The van der Waals surface area contributed by atoms with Crippen LogP contribution in [0.5, 0.6) is 0 Å². The second-order valence-corrected chi connectivity index (χ2v) is 10.0. The van der Waals surface area contributed by atoms with Crippen LogP contribution in [0.2, 0.25) is 0 Å². The summed E-state index contributed by atoms with van der Waals surface area (Å²) in [7, 11) is 0. The van der Waals surface area contributed by atoms with Crippen molar-refractivity contribution in [2.24, 2.45) is 0 Å². The van der Waals surface area contributed by atoms with Crippen molar-refractivity contribution < 1.29 is 14.0 Å². The smallest absolute Gasteiger partial charge is 0.245 e. The molecule has 194 valence electrons. The molecule has 2 aliphatic heterocycles. The summed E-state index contributed by atoms with van der Waals surface area (Å²) in [6.45, 7) is 5.80. The molecule has 2 aromatic heterocycles. The van der Waals surface area contributed by atoms with Gasteiger partial charge in [0.1, 0.15) is 18.8 Å². The van der Waals surface area contributed by atoms with E-state index in [9.17, 15) is 14.0 Å². The monoisotopic (exact) mass is 505 g/mol. The largest absolute Gasteiger partial charge is 0.354 e. The zero-order chi connectivity index (χ0) is 25.9. The minimum absolute atomic E-state index is 0.0464. The summed E-state index contributed by atoms with van der Waals surface area (Å²) in [5.41, 5.74) is 2.63. The molecule has 2 fully saturated rings. The first-order valence-corrected chi connectivity index (χ1v) is 12.8. The summed E-state index contributed by atoms with van der Waals surface area (Å²) >= 11 is 0. The van der Waals surface area contributed by atoms with Gasteiger partial charge in [-0.15, -0.1) is 5.10 Å². The Morgan fingerprint density at radius 3 is 2.54 bits per heavy atom. The van der Waals surface area contributed by atoms with E-state index in [0.717, 1.165) is 36.5 Å². The van der Waals surface area contributed by atoms with Crippen LogP contribution in [-0.2, 0) is 16.1 Å². The van der Waals surface area contributed by atoms with Crippen LogP contribution in [0, 0.1) is 0 Å². The van der Waals surface area contributed by atoms with E-state index in [4.69, 9.17) is 0 Å². The van der Waals surface area contributed by atoms with Gasteiger partial charge in [0, 0.05) is 25.7 Å². The fourth-order valence-electron chi connectivity index (χ4n) is 4.73. The highest BCUT2D eigenvalue weighted by Crippen LogP contribution is 2.26. The number of alkyl halides is 1. The number of benzene rings is 1. The molecule has 0 saturated carbocycles. The van der Waals surface area contributed by atoms with E-state index in [1.807, 2.05) is 48.7 Å². The summed E-state index contributed by atoms with van der Waals surface area (Å²) in [6, 6.07) is 12.0. The normalized spacial score (nSPS) is 20.1. The van der Waals surface area contributed by atoms with Crippen LogP contribution in [0.15, 0.2) is 54.9 Å². The van der Waals surface area contributed by atoms with Gasteiger partial charge in [-0.25, -0.2) is 9.07 Å². The highest BCUT2D eigenvalue weighted by Gasteiger charge is 2.40. The number of rotatable bonds is 8. The molecule has 3 atom stereocenters. The van der Waals surface area contributed by atoms with Gasteiger partial charge < -0.3 is 15.1 Å². The zero-order valence-electron chi connectivity index (χ0n) is 21.1. The van der Waals surface area contributed by atoms with Gasteiger partial charge in [-0.2, -0.15) is 0 Å². The minimum Gasteiger partial charge on any atom is -0.354 e. The number of aromatic nitrogens is 4. The van der Waals surface area contributed by atoms with Crippen molar-refractivity contribution in [2.75, 3.05) is 24.5 Å². The van der Waals surface area contributed by atoms with Crippen LogP contribution in [0.1, 0.15) is 55.5 Å². The molecule has 2 amide bonds. The van der Waals surface area contributed by atoms with Crippen molar-refractivity contribution in [3.05, 3.63) is 71.7 Å². The van der Waals surface area contributed by atoms with E-state index in [-0.39, 0.29) is 25.4 Å². The van der Waals surface area contributed by atoms with Gasteiger partial charge in [-0.05, 0) is 29.5 Å². The molecule has 37 heavy (non-hydrogen) atoms. The van der Waals surface area contributed by atoms with Gasteiger partial charge in [-0.3, -0.25) is 14.6 Å². The Morgan fingerprint density at radius 1 is 1.11 bits per heavy atom. The van der Waals surface area contributed by atoms with Crippen molar-refractivity contribution in [3.63, 3.8) is 0 Å². The lowest BCUT2D eigenvalue weighted by atomic mass is 10.00. The first kappa shape index (κ1) is 24.9. The number of hydrogen-bond donors (Lipinski definition) is 1. The lowest BCUT2D eigenvalue weighted by molar-refractivity contribution is -0.139. The van der Waals surface area contributed by atoms with E-state index in [1.165, 1.54) is 9.58 Å². The maximum atomic E-state index is 14.5. The number of pyridine rings is 1. The summed E-state index contributed by atoms with van der Waals surface area (Å²) < 4.78 is 16.0. The summed E-state index contributed by atoms with van der Waals surface area (Å²) in [4.78, 5) is 34.6. The summed E-state index contributed by atoms with van der Waals surface area (Å²) in [5, 5.41) is 11.2. The van der Waals surface area contributed by atoms with E-state index >= 15 is 0 Å². The Bertz CT molecular complexity index is 1230. The second-order valence-electron chi connectivity index (χ2n) is 10.0. The standard InChI is InChI=1S/C27H32FN7O2/c1-18(2)20-9-10-22(29-14-20)26(19-7-4-3-5-8-19)30-27(37)23-13-21(28)15-35(23)25(36)17-34-16-24(31-32-34)33-11-6-12-33/h3-5,7-10,14,16,18,21,23,26H,6,11-13,15,17H2,1-2H3,(H,30,37). The maximum absolute atomic E-state index is 14.5. The van der Waals surface area contributed by atoms with Gasteiger partial charge in [0.05, 0.1) is 24.5 Å². The Kier molecular flexibility index (Phi) is 7.16. The quantitative estimate of drug-likeness (QED) is 0.506. The van der Waals surface area contributed by atoms with Crippen LogP contribution in [0.3, 0.4) is 0 Å². The van der Waals surface area contributed by atoms with Gasteiger partial charge in [-0.1, -0.05) is 55.5 Å². The molecule has 1 aromatic carbocycles. The molecule has 2 aliphatic rings. The number of anilines is 1.